The predicted molar refractivity (Wildman–Crippen MR) is 78.6 cm³/mol. The van der Waals surface area contributed by atoms with Crippen LogP contribution < -0.4 is 10.2 Å². The van der Waals surface area contributed by atoms with Gasteiger partial charge in [-0.3, -0.25) is 14.2 Å². The molecule has 110 valence electrons. The molecule has 0 aliphatic rings. The zero-order valence-corrected chi connectivity index (χ0v) is 12.1. The summed E-state index contributed by atoms with van der Waals surface area (Å²) in [6, 6.07) is 6.26. The van der Waals surface area contributed by atoms with Crippen molar-refractivity contribution in [3.63, 3.8) is 0 Å². The topological polar surface area (TPSA) is 88.4 Å². The molecular weight excluding hydrogens is 292 g/mol. The van der Waals surface area contributed by atoms with Crippen molar-refractivity contribution in [3.8, 4) is 0 Å². The van der Waals surface area contributed by atoms with E-state index in [4.69, 9.17) is 5.11 Å². The van der Waals surface area contributed by atoms with Gasteiger partial charge in [0.25, 0.3) is 0 Å². The van der Waals surface area contributed by atoms with Crippen molar-refractivity contribution in [3.05, 3.63) is 56.1 Å². The second kappa shape index (κ2) is 6.36. The maximum Gasteiger partial charge on any atom is 0.335 e. The molecule has 0 bridgehead atoms. The summed E-state index contributed by atoms with van der Waals surface area (Å²) >= 11 is 1.06. The van der Waals surface area contributed by atoms with Gasteiger partial charge >= 0.3 is 10.8 Å². The first-order chi connectivity index (χ1) is 9.97. The number of rotatable bonds is 5. The van der Waals surface area contributed by atoms with E-state index in [2.05, 4.69) is 5.32 Å². The van der Waals surface area contributed by atoms with E-state index in [0.717, 1.165) is 22.6 Å². The number of carbonyl (C=O) groups excluding carboxylic acids is 1. The zero-order valence-electron chi connectivity index (χ0n) is 11.3. The third-order valence-corrected chi connectivity index (χ3v) is 3.85. The zero-order chi connectivity index (χ0) is 15.4. The molecule has 2 N–H and O–H groups in total. The number of carbonyl (C=O) groups is 2. The number of aromatic carboxylic acids is 1. The molecule has 1 amide bonds. The Bertz CT molecular complexity index is 715. The number of thiazole rings is 1. The van der Waals surface area contributed by atoms with Gasteiger partial charge in [-0.05, 0) is 24.6 Å². The summed E-state index contributed by atoms with van der Waals surface area (Å²) in [5, 5.41) is 13.2. The minimum Gasteiger partial charge on any atom is -0.478 e. The number of aryl methyl sites for hydroxylation is 1. The number of benzene rings is 1. The van der Waals surface area contributed by atoms with Gasteiger partial charge in [0.05, 0.1) is 5.56 Å². The van der Waals surface area contributed by atoms with Gasteiger partial charge in [-0.15, -0.1) is 0 Å². The maximum absolute atomic E-state index is 11.8. The van der Waals surface area contributed by atoms with E-state index < -0.39 is 5.97 Å². The SMILES string of the molecule is Cc1csc(=O)n1CC(=O)NCc1ccc(C(=O)O)cc1. The molecule has 0 aliphatic heterocycles. The normalized spacial score (nSPS) is 10.3. The summed E-state index contributed by atoms with van der Waals surface area (Å²) < 4.78 is 1.41. The molecule has 0 atom stereocenters. The van der Waals surface area contributed by atoms with Gasteiger partial charge in [0.1, 0.15) is 6.54 Å². The molecule has 2 aromatic rings. The van der Waals surface area contributed by atoms with Crippen molar-refractivity contribution in [2.24, 2.45) is 0 Å². The van der Waals surface area contributed by atoms with Gasteiger partial charge < -0.3 is 10.4 Å². The lowest BCUT2D eigenvalue weighted by atomic mass is 10.1. The number of hydrogen-bond acceptors (Lipinski definition) is 4. The average Bonchev–Trinajstić information content (AvgIpc) is 2.77. The Morgan fingerprint density at radius 3 is 2.48 bits per heavy atom. The largest absolute Gasteiger partial charge is 0.478 e. The van der Waals surface area contributed by atoms with Gasteiger partial charge in [-0.25, -0.2) is 4.79 Å². The minimum atomic E-state index is -0.988. The Labute approximate surface area is 124 Å². The average molecular weight is 306 g/mol. The summed E-state index contributed by atoms with van der Waals surface area (Å²) in [6.45, 7) is 2.05. The van der Waals surface area contributed by atoms with Crippen molar-refractivity contribution in [1.29, 1.82) is 0 Å². The van der Waals surface area contributed by atoms with Crippen LogP contribution in [0.4, 0.5) is 0 Å². The van der Waals surface area contributed by atoms with Crippen molar-refractivity contribution < 1.29 is 14.7 Å². The van der Waals surface area contributed by atoms with Crippen LogP contribution >= 0.6 is 11.3 Å². The Hall–Kier alpha value is -2.41. The van der Waals surface area contributed by atoms with Gasteiger partial charge in [0.2, 0.25) is 5.91 Å². The molecule has 0 aliphatic carbocycles. The molecule has 0 saturated carbocycles. The highest BCUT2D eigenvalue weighted by Crippen LogP contribution is 2.04. The highest BCUT2D eigenvalue weighted by molar-refractivity contribution is 7.07. The third kappa shape index (κ3) is 3.79. The van der Waals surface area contributed by atoms with Crippen LogP contribution in [0.3, 0.4) is 0 Å². The smallest absolute Gasteiger partial charge is 0.335 e. The van der Waals surface area contributed by atoms with Crippen molar-refractivity contribution in [1.82, 2.24) is 9.88 Å². The fraction of sp³-hybridized carbons (Fsp3) is 0.214. The van der Waals surface area contributed by atoms with Crippen LogP contribution in [0.1, 0.15) is 21.6 Å². The molecule has 1 heterocycles. The van der Waals surface area contributed by atoms with Crippen molar-refractivity contribution in [2.75, 3.05) is 0 Å². The lowest BCUT2D eigenvalue weighted by Crippen LogP contribution is -2.30. The second-order valence-corrected chi connectivity index (χ2v) is 5.33. The monoisotopic (exact) mass is 306 g/mol. The maximum atomic E-state index is 11.8. The first kappa shape index (κ1) is 15.0. The molecule has 0 saturated heterocycles. The number of hydrogen-bond donors (Lipinski definition) is 2. The first-order valence-electron chi connectivity index (χ1n) is 6.21. The van der Waals surface area contributed by atoms with E-state index in [1.54, 1.807) is 24.4 Å². The second-order valence-electron chi connectivity index (χ2n) is 4.51. The summed E-state index contributed by atoms with van der Waals surface area (Å²) in [5.74, 6) is -1.25. The van der Waals surface area contributed by atoms with E-state index in [9.17, 15) is 14.4 Å². The summed E-state index contributed by atoms with van der Waals surface area (Å²) in [5.41, 5.74) is 1.75. The molecule has 0 radical (unpaired) electrons. The van der Waals surface area contributed by atoms with Crippen molar-refractivity contribution in [2.45, 2.75) is 20.0 Å². The highest BCUT2D eigenvalue weighted by Gasteiger charge is 2.08. The van der Waals surface area contributed by atoms with E-state index in [1.807, 2.05) is 0 Å². The van der Waals surface area contributed by atoms with Crippen LogP contribution in [-0.4, -0.2) is 21.6 Å². The Balaban J connectivity index is 1.92. The summed E-state index contributed by atoms with van der Waals surface area (Å²) in [4.78, 5) is 33.9. The Morgan fingerprint density at radius 2 is 1.95 bits per heavy atom. The molecule has 1 aromatic heterocycles. The third-order valence-electron chi connectivity index (χ3n) is 2.97. The van der Waals surface area contributed by atoms with Gasteiger partial charge in [-0.2, -0.15) is 0 Å². The van der Waals surface area contributed by atoms with Gasteiger partial charge in [-0.1, -0.05) is 23.5 Å². The molecule has 0 spiro atoms. The Morgan fingerprint density at radius 1 is 1.29 bits per heavy atom. The lowest BCUT2D eigenvalue weighted by molar-refractivity contribution is -0.121. The highest BCUT2D eigenvalue weighted by atomic mass is 32.1. The quantitative estimate of drug-likeness (QED) is 0.869. The van der Waals surface area contributed by atoms with Crippen LogP contribution in [0.25, 0.3) is 0 Å². The van der Waals surface area contributed by atoms with Crippen LogP contribution in [0.5, 0.6) is 0 Å². The summed E-state index contributed by atoms with van der Waals surface area (Å²) in [6.07, 6.45) is 0. The fourth-order valence-electron chi connectivity index (χ4n) is 1.76. The number of amides is 1. The standard InChI is InChI=1S/C14H14N2O4S/c1-9-8-21-14(20)16(9)7-12(17)15-6-10-2-4-11(5-3-10)13(18)19/h2-5,8H,6-7H2,1H3,(H,15,17)(H,18,19). The number of carboxylic acid groups (broad SMARTS) is 1. The first-order valence-corrected chi connectivity index (χ1v) is 7.09. The van der Waals surface area contributed by atoms with Crippen LogP contribution in [-0.2, 0) is 17.9 Å². The van der Waals surface area contributed by atoms with E-state index >= 15 is 0 Å². The van der Waals surface area contributed by atoms with Crippen LogP contribution in [0.2, 0.25) is 0 Å². The molecular formula is C14H14N2O4S. The summed E-state index contributed by atoms with van der Waals surface area (Å²) in [7, 11) is 0. The number of aromatic nitrogens is 1. The van der Waals surface area contributed by atoms with E-state index in [-0.39, 0.29) is 29.4 Å². The molecule has 7 heteroatoms. The molecule has 2 rings (SSSR count). The number of nitrogens with one attached hydrogen (secondary N) is 1. The van der Waals surface area contributed by atoms with E-state index in [1.165, 1.54) is 16.7 Å². The Kier molecular flexibility index (Phi) is 4.54. The molecule has 21 heavy (non-hydrogen) atoms. The predicted octanol–water partition coefficient (Wildman–Crippen LogP) is 1.23. The molecule has 0 unspecified atom stereocenters. The lowest BCUT2D eigenvalue weighted by Gasteiger charge is -2.07. The van der Waals surface area contributed by atoms with Gasteiger partial charge in [0.15, 0.2) is 0 Å². The molecule has 1 aromatic carbocycles. The fourth-order valence-corrected chi connectivity index (χ4v) is 2.50. The minimum absolute atomic E-state index is 0.0125. The van der Waals surface area contributed by atoms with E-state index in [0.29, 0.717) is 0 Å². The van der Waals surface area contributed by atoms with Crippen LogP contribution in [0.15, 0.2) is 34.4 Å². The van der Waals surface area contributed by atoms with Crippen LogP contribution in [0, 0.1) is 6.92 Å². The number of nitrogens with zero attached hydrogens (tertiary/aromatic N) is 1. The van der Waals surface area contributed by atoms with Crippen molar-refractivity contribution >= 4 is 23.2 Å². The number of carboxylic acids is 1. The molecule has 0 fully saturated rings. The molecule has 6 nitrogen and oxygen atoms in total. The van der Waals surface area contributed by atoms with Gasteiger partial charge in [0, 0.05) is 17.6 Å².